The molecule has 1 amide bonds. The highest BCUT2D eigenvalue weighted by Gasteiger charge is 2.15. The molecule has 0 radical (unpaired) electrons. The summed E-state index contributed by atoms with van der Waals surface area (Å²) in [6.07, 6.45) is 7.60. The van der Waals surface area contributed by atoms with Crippen molar-refractivity contribution in [3.63, 3.8) is 0 Å². The minimum absolute atomic E-state index is 0.208. The third-order valence-corrected chi connectivity index (χ3v) is 5.87. The Labute approximate surface area is 168 Å². The van der Waals surface area contributed by atoms with Gasteiger partial charge in [-0.3, -0.25) is 9.48 Å². The fourth-order valence-electron chi connectivity index (χ4n) is 3.97. The van der Waals surface area contributed by atoms with Gasteiger partial charge in [0.05, 0.1) is 5.69 Å². The van der Waals surface area contributed by atoms with Crippen LogP contribution in [0.25, 0.3) is 0 Å². The van der Waals surface area contributed by atoms with E-state index in [0.717, 1.165) is 50.4 Å². The van der Waals surface area contributed by atoms with Gasteiger partial charge in [-0.1, -0.05) is 0 Å². The summed E-state index contributed by atoms with van der Waals surface area (Å²) in [7, 11) is 3.89. The van der Waals surface area contributed by atoms with Gasteiger partial charge in [0.25, 0.3) is 0 Å². The molecule has 0 spiro atoms. The predicted molar refractivity (Wildman–Crippen MR) is 113 cm³/mol. The lowest BCUT2D eigenvalue weighted by molar-refractivity contribution is -0.129. The number of hydrogen-bond acceptors (Lipinski definition) is 4. The van der Waals surface area contributed by atoms with Gasteiger partial charge in [0.15, 0.2) is 0 Å². The van der Waals surface area contributed by atoms with Crippen molar-refractivity contribution in [2.45, 2.75) is 52.4 Å². The summed E-state index contributed by atoms with van der Waals surface area (Å²) in [5.74, 6) is 1.26. The molecular weight excluding hydrogens is 350 g/mol. The molecule has 28 heavy (non-hydrogen) atoms. The van der Waals surface area contributed by atoms with E-state index in [-0.39, 0.29) is 5.91 Å². The topological polar surface area (TPSA) is 54.3 Å². The van der Waals surface area contributed by atoms with Crippen LogP contribution in [0.2, 0.25) is 0 Å². The first-order valence-electron chi connectivity index (χ1n) is 10.4. The Morgan fingerprint density at radius 2 is 1.96 bits per heavy atom. The van der Waals surface area contributed by atoms with E-state index in [1.165, 1.54) is 29.7 Å². The van der Waals surface area contributed by atoms with Crippen molar-refractivity contribution >= 4 is 11.7 Å². The molecule has 6 nitrogen and oxygen atoms in total. The summed E-state index contributed by atoms with van der Waals surface area (Å²) in [6, 6.07) is 4.17. The number of pyridine rings is 1. The minimum Gasteiger partial charge on any atom is -0.357 e. The van der Waals surface area contributed by atoms with Crippen molar-refractivity contribution < 1.29 is 4.79 Å². The maximum absolute atomic E-state index is 12.5. The Balaban J connectivity index is 1.45. The van der Waals surface area contributed by atoms with E-state index < -0.39 is 0 Å². The Bertz CT molecular complexity index is 807. The first kappa shape index (κ1) is 20.4. The van der Waals surface area contributed by atoms with Gasteiger partial charge in [0, 0.05) is 52.0 Å². The van der Waals surface area contributed by atoms with E-state index in [4.69, 9.17) is 0 Å². The summed E-state index contributed by atoms with van der Waals surface area (Å²) in [5, 5.41) is 4.47. The molecule has 6 heteroatoms. The highest BCUT2D eigenvalue weighted by atomic mass is 16.2. The molecule has 0 N–H and O–H groups in total. The minimum atomic E-state index is 0.208. The standard InChI is InChI=1S/C22H33N5O/c1-17-20(18(2)26(4)24-17)8-7-13-25(3)22(28)10-9-19-11-12-23-21(16-19)27-14-5-6-15-27/h11-12,16H,5-10,13-15H2,1-4H3. The lowest BCUT2D eigenvalue weighted by Gasteiger charge is -2.18. The van der Waals surface area contributed by atoms with Gasteiger partial charge < -0.3 is 9.80 Å². The van der Waals surface area contributed by atoms with E-state index in [9.17, 15) is 4.79 Å². The van der Waals surface area contributed by atoms with Gasteiger partial charge in [-0.15, -0.1) is 0 Å². The van der Waals surface area contributed by atoms with Gasteiger partial charge in [-0.05, 0) is 69.2 Å². The predicted octanol–water partition coefficient (Wildman–Crippen LogP) is 3.06. The molecule has 1 aliphatic rings. The highest BCUT2D eigenvalue weighted by Crippen LogP contribution is 2.19. The fourth-order valence-corrected chi connectivity index (χ4v) is 3.97. The summed E-state index contributed by atoms with van der Waals surface area (Å²) < 4.78 is 1.94. The highest BCUT2D eigenvalue weighted by molar-refractivity contribution is 5.76. The van der Waals surface area contributed by atoms with Gasteiger partial charge in [-0.25, -0.2) is 4.98 Å². The van der Waals surface area contributed by atoms with E-state index in [1.54, 1.807) is 0 Å². The fraction of sp³-hybridized carbons (Fsp3) is 0.591. The second kappa shape index (κ2) is 9.22. The maximum atomic E-state index is 12.5. The van der Waals surface area contributed by atoms with E-state index in [0.29, 0.717) is 6.42 Å². The van der Waals surface area contributed by atoms with E-state index >= 15 is 0 Å². The molecule has 152 valence electrons. The average molecular weight is 384 g/mol. The Morgan fingerprint density at radius 1 is 1.21 bits per heavy atom. The molecule has 0 bridgehead atoms. The zero-order valence-electron chi connectivity index (χ0n) is 17.7. The van der Waals surface area contributed by atoms with Crippen LogP contribution in [-0.4, -0.2) is 52.3 Å². The molecule has 3 rings (SSSR count). The van der Waals surface area contributed by atoms with E-state index in [2.05, 4.69) is 34.9 Å². The molecule has 1 aliphatic heterocycles. The third-order valence-electron chi connectivity index (χ3n) is 5.87. The molecule has 0 unspecified atom stereocenters. The Kier molecular flexibility index (Phi) is 6.70. The first-order chi connectivity index (χ1) is 13.5. The van der Waals surface area contributed by atoms with Crippen molar-refractivity contribution in [2.75, 3.05) is 31.6 Å². The summed E-state index contributed by atoms with van der Waals surface area (Å²) in [6.45, 7) is 7.13. The van der Waals surface area contributed by atoms with Crippen molar-refractivity contribution in [3.8, 4) is 0 Å². The molecule has 2 aromatic heterocycles. The van der Waals surface area contributed by atoms with Crippen LogP contribution in [0.4, 0.5) is 5.82 Å². The van der Waals surface area contributed by atoms with Crippen LogP contribution < -0.4 is 4.90 Å². The SMILES string of the molecule is Cc1nn(C)c(C)c1CCCN(C)C(=O)CCc1ccnc(N2CCCC2)c1. The quantitative estimate of drug-likeness (QED) is 0.703. The number of rotatable bonds is 8. The zero-order valence-corrected chi connectivity index (χ0v) is 17.7. The van der Waals surface area contributed by atoms with Gasteiger partial charge in [0.2, 0.25) is 5.91 Å². The lowest BCUT2D eigenvalue weighted by Crippen LogP contribution is -2.28. The lowest BCUT2D eigenvalue weighted by atomic mass is 10.1. The van der Waals surface area contributed by atoms with Crippen LogP contribution in [0.5, 0.6) is 0 Å². The summed E-state index contributed by atoms with van der Waals surface area (Å²) in [5.41, 5.74) is 4.83. The number of carbonyl (C=O) groups excluding carboxylic acids is 1. The number of aryl methyl sites for hydroxylation is 3. The smallest absolute Gasteiger partial charge is 0.222 e. The summed E-state index contributed by atoms with van der Waals surface area (Å²) in [4.78, 5) is 21.2. The Hall–Kier alpha value is -2.37. The van der Waals surface area contributed by atoms with Crippen molar-refractivity contribution in [3.05, 3.63) is 40.8 Å². The number of amides is 1. The van der Waals surface area contributed by atoms with Crippen LogP contribution in [0, 0.1) is 13.8 Å². The van der Waals surface area contributed by atoms with Crippen LogP contribution in [0.3, 0.4) is 0 Å². The largest absolute Gasteiger partial charge is 0.357 e. The van der Waals surface area contributed by atoms with Crippen LogP contribution in [0.15, 0.2) is 18.3 Å². The van der Waals surface area contributed by atoms with Crippen LogP contribution >= 0.6 is 0 Å². The number of carbonyl (C=O) groups is 1. The Morgan fingerprint density at radius 3 is 2.64 bits per heavy atom. The van der Waals surface area contributed by atoms with Crippen LogP contribution in [0.1, 0.15) is 48.2 Å². The number of hydrogen-bond donors (Lipinski definition) is 0. The normalized spacial score (nSPS) is 13.9. The van der Waals surface area contributed by atoms with Gasteiger partial charge in [-0.2, -0.15) is 5.10 Å². The van der Waals surface area contributed by atoms with Crippen LogP contribution in [-0.2, 0) is 24.7 Å². The second-order valence-corrected chi connectivity index (χ2v) is 7.91. The van der Waals surface area contributed by atoms with Crippen molar-refractivity contribution in [1.29, 1.82) is 0 Å². The monoisotopic (exact) mass is 383 g/mol. The zero-order chi connectivity index (χ0) is 20.1. The van der Waals surface area contributed by atoms with E-state index in [1.807, 2.05) is 35.9 Å². The molecule has 0 saturated carbocycles. The maximum Gasteiger partial charge on any atom is 0.222 e. The molecule has 0 aromatic carbocycles. The second-order valence-electron chi connectivity index (χ2n) is 7.91. The molecule has 1 saturated heterocycles. The first-order valence-corrected chi connectivity index (χ1v) is 10.4. The molecule has 1 fully saturated rings. The van der Waals surface area contributed by atoms with Gasteiger partial charge in [0.1, 0.15) is 5.82 Å². The van der Waals surface area contributed by atoms with Gasteiger partial charge >= 0.3 is 0 Å². The van der Waals surface area contributed by atoms with Crippen molar-refractivity contribution in [1.82, 2.24) is 19.7 Å². The number of aromatic nitrogens is 3. The average Bonchev–Trinajstić information content (AvgIpc) is 3.30. The number of anilines is 1. The molecule has 2 aromatic rings. The summed E-state index contributed by atoms with van der Waals surface area (Å²) >= 11 is 0. The molecular formula is C22H33N5O. The number of nitrogens with zero attached hydrogens (tertiary/aromatic N) is 5. The third kappa shape index (κ3) is 4.91. The molecule has 0 aliphatic carbocycles. The molecule has 3 heterocycles. The molecule has 0 atom stereocenters. The van der Waals surface area contributed by atoms with Crippen molar-refractivity contribution in [2.24, 2.45) is 7.05 Å².